The van der Waals surface area contributed by atoms with E-state index in [1.165, 1.54) is 36.1 Å². The van der Waals surface area contributed by atoms with Crippen molar-refractivity contribution in [3.8, 4) is 0 Å². The van der Waals surface area contributed by atoms with Crippen molar-refractivity contribution in [2.24, 2.45) is 0 Å². The van der Waals surface area contributed by atoms with Crippen LogP contribution in [-0.4, -0.2) is 54.5 Å². The summed E-state index contributed by atoms with van der Waals surface area (Å²) in [7, 11) is 0. The van der Waals surface area contributed by atoms with Gasteiger partial charge in [-0.25, -0.2) is 4.39 Å². The number of benzene rings is 1. The second kappa shape index (κ2) is 5.82. The summed E-state index contributed by atoms with van der Waals surface area (Å²) >= 11 is 0. The van der Waals surface area contributed by atoms with Gasteiger partial charge in [0, 0.05) is 37.9 Å². The number of likely N-dealkylation sites (tertiary alicyclic amines) is 1. The molecule has 1 aromatic rings. The molecule has 1 aliphatic carbocycles. The average Bonchev–Trinajstić information content (AvgIpc) is 3.14. The molecule has 0 bridgehead atoms. The fourth-order valence-corrected chi connectivity index (χ4v) is 4.32. The van der Waals surface area contributed by atoms with Gasteiger partial charge in [0.2, 0.25) is 0 Å². The van der Waals surface area contributed by atoms with Gasteiger partial charge in [0.1, 0.15) is 6.17 Å². The van der Waals surface area contributed by atoms with Crippen LogP contribution in [0.4, 0.5) is 10.1 Å². The fraction of sp³-hybridized carbons (Fsp3) is 0.667. The molecule has 2 heterocycles. The predicted octanol–water partition coefficient (Wildman–Crippen LogP) is 2.16. The van der Waals surface area contributed by atoms with E-state index in [1.807, 2.05) is 0 Å². The summed E-state index contributed by atoms with van der Waals surface area (Å²) < 4.78 is 13.5. The molecule has 22 heavy (non-hydrogen) atoms. The number of anilines is 1. The van der Waals surface area contributed by atoms with Crippen molar-refractivity contribution in [2.45, 2.75) is 50.4 Å². The number of nitrogens with zero attached hydrogens (tertiary/aromatic N) is 2. The molecule has 1 aromatic carbocycles. The van der Waals surface area contributed by atoms with Crippen molar-refractivity contribution < 1.29 is 9.50 Å². The molecule has 0 amide bonds. The first-order valence-corrected chi connectivity index (χ1v) is 8.63. The molecule has 0 unspecified atom stereocenters. The molecule has 4 heteroatoms. The van der Waals surface area contributed by atoms with Gasteiger partial charge >= 0.3 is 0 Å². The van der Waals surface area contributed by atoms with Crippen molar-refractivity contribution in [1.29, 1.82) is 0 Å². The second-order valence-electron chi connectivity index (χ2n) is 7.06. The van der Waals surface area contributed by atoms with Crippen molar-refractivity contribution in [1.82, 2.24) is 4.90 Å². The van der Waals surface area contributed by atoms with E-state index >= 15 is 0 Å². The van der Waals surface area contributed by atoms with Crippen molar-refractivity contribution in [3.05, 3.63) is 29.3 Å². The van der Waals surface area contributed by atoms with E-state index in [-0.39, 0.29) is 0 Å². The zero-order chi connectivity index (χ0) is 15.1. The number of hydrogen-bond donors (Lipinski definition) is 1. The Morgan fingerprint density at radius 1 is 1.05 bits per heavy atom. The minimum atomic E-state index is -1.06. The van der Waals surface area contributed by atoms with Crippen LogP contribution >= 0.6 is 0 Å². The second-order valence-corrected chi connectivity index (χ2v) is 7.06. The van der Waals surface area contributed by atoms with Gasteiger partial charge in [-0.3, -0.25) is 4.90 Å². The molecule has 0 saturated carbocycles. The summed E-state index contributed by atoms with van der Waals surface area (Å²) in [6, 6.07) is 7.37. The van der Waals surface area contributed by atoms with E-state index in [9.17, 15) is 9.50 Å². The van der Waals surface area contributed by atoms with Gasteiger partial charge in [-0.05, 0) is 55.4 Å². The third-order valence-electron chi connectivity index (χ3n) is 5.68. The van der Waals surface area contributed by atoms with E-state index in [4.69, 9.17) is 0 Å². The predicted molar refractivity (Wildman–Crippen MR) is 86.2 cm³/mol. The summed E-state index contributed by atoms with van der Waals surface area (Å²) in [4.78, 5) is 4.61. The number of aliphatic hydroxyl groups is 1. The van der Waals surface area contributed by atoms with E-state index in [2.05, 4.69) is 28.0 Å². The molecule has 2 aliphatic heterocycles. The lowest BCUT2D eigenvalue weighted by molar-refractivity contribution is 0.113. The first-order valence-electron chi connectivity index (χ1n) is 8.63. The monoisotopic (exact) mass is 304 g/mol. The Kier molecular flexibility index (Phi) is 3.82. The van der Waals surface area contributed by atoms with Crippen LogP contribution in [0.25, 0.3) is 0 Å². The van der Waals surface area contributed by atoms with Crippen LogP contribution in [-0.2, 0) is 12.8 Å². The Hall–Kier alpha value is -1.13. The molecule has 3 aliphatic rings. The molecule has 0 aromatic heterocycles. The Balaban J connectivity index is 1.38. The highest BCUT2D eigenvalue weighted by atomic mass is 19.1. The number of rotatable bonds is 2. The summed E-state index contributed by atoms with van der Waals surface area (Å²) in [6.07, 6.45) is 4.04. The number of β-amino-alcohol motifs (C(OH)–C–C–N with tert-alkyl or cyclic N) is 1. The number of aryl methyl sites for hydroxylation is 2. The minimum Gasteiger partial charge on any atom is -0.389 e. The van der Waals surface area contributed by atoms with Crippen molar-refractivity contribution in [2.75, 3.05) is 31.1 Å². The summed E-state index contributed by atoms with van der Waals surface area (Å²) in [5.74, 6) is 0. The van der Waals surface area contributed by atoms with Crippen LogP contribution in [0.15, 0.2) is 18.2 Å². The number of fused-ring (bicyclic) bond motifs is 1. The maximum atomic E-state index is 13.5. The average molecular weight is 304 g/mol. The van der Waals surface area contributed by atoms with Crippen LogP contribution in [0.3, 0.4) is 0 Å². The van der Waals surface area contributed by atoms with Crippen LogP contribution in [0.1, 0.15) is 30.4 Å². The van der Waals surface area contributed by atoms with Gasteiger partial charge in [0.15, 0.2) is 0 Å². The number of hydrogen-bond acceptors (Lipinski definition) is 3. The highest BCUT2D eigenvalue weighted by Gasteiger charge is 2.36. The molecule has 2 saturated heterocycles. The molecule has 2 atom stereocenters. The largest absolute Gasteiger partial charge is 0.389 e. The number of halogens is 1. The highest BCUT2D eigenvalue weighted by molar-refractivity contribution is 5.52. The highest BCUT2D eigenvalue weighted by Crippen LogP contribution is 2.30. The lowest BCUT2D eigenvalue weighted by Crippen LogP contribution is -2.44. The summed E-state index contributed by atoms with van der Waals surface area (Å²) in [5, 5.41) is 9.59. The Morgan fingerprint density at radius 2 is 1.82 bits per heavy atom. The fourth-order valence-electron chi connectivity index (χ4n) is 4.32. The van der Waals surface area contributed by atoms with Gasteiger partial charge in [0.25, 0.3) is 0 Å². The molecule has 1 N–H and O–H groups in total. The quantitative estimate of drug-likeness (QED) is 0.907. The molecule has 120 valence electrons. The van der Waals surface area contributed by atoms with Crippen molar-refractivity contribution >= 4 is 5.69 Å². The summed E-state index contributed by atoms with van der Waals surface area (Å²) in [6.45, 7) is 2.98. The number of piperidine rings is 1. The normalized spacial score (nSPS) is 30.0. The maximum absolute atomic E-state index is 13.5. The van der Waals surface area contributed by atoms with Gasteiger partial charge in [-0.1, -0.05) is 6.07 Å². The van der Waals surface area contributed by atoms with Crippen LogP contribution < -0.4 is 4.90 Å². The SMILES string of the molecule is O[C@@H]1CN(C2CCN(c3ccc4c(c3)CCC4)CC2)C[C@H]1F. The molecule has 2 fully saturated rings. The molecular formula is C18H25FN2O. The molecular weight excluding hydrogens is 279 g/mol. The first-order chi connectivity index (χ1) is 10.7. The standard InChI is InChI=1S/C18H25FN2O/c19-17-11-21(12-18(17)22)15-6-8-20(9-7-15)16-5-4-13-2-1-3-14(13)10-16/h4-5,10,15,17-18,22H,1-3,6-9,11-12H2/t17-,18-/m1/s1. The van der Waals surface area contributed by atoms with Crippen LogP contribution in [0.5, 0.6) is 0 Å². The van der Waals surface area contributed by atoms with Gasteiger partial charge in [-0.15, -0.1) is 0 Å². The van der Waals surface area contributed by atoms with E-state index in [0.717, 1.165) is 25.9 Å². The topological polar surface area (TPSA) is 26.7 Å². The van der Waals surface area contributed by atoms with Gasteiger partial charge in [0.05, 0.1) is 6.10 Å². The molecule has 0 radical (unpaired) electrons. The third kappa shape index (κ3) is 2.63. The lowest BCUT2D eigenvalue weighted by atomic mass is 10.0. The van der Waals surface area contributed by atoms with Crippen molar-refractivity contribution in [3.63, 3.8) is 0 Å². The zero-order valence-corrected chi connectivity index (χ0v) is 13.0. The Bertz CT molecular complexity index is 532. The maximum Gasteiger partial charge on any atom is 0.140 e. The minimum absolute atomic E-state index is 0.407. The van der Waals surface area contributed by atoms with Gasteiger partial charge < -0.3 is 10.0 Å². The zero-order valence-electron chi connectivity index (χ0n) is 13.0. The van der Waals surface area contributed by atoms with Crippen LogP contribution in [0.2, 0.25) is 0 Å². The van der Waals surface area contributed by atoms with Crippen LogP contribution in [0, 0.1) is 0 Å². The number of alkyl halides is 1. The third-order valence-corrected chi connectivity index (χ3v) is 5.68. The summed E-state index contributed by atoms with van der Waals surface area (Å²) in [5.41, 5.74) is 4.41. The Morgan fingerprint density at radius 3 is 2.55 bits per heavy atom. The molecule has 4 rings (SSSR count). The number of aliphatic hydroxyl groups excluding tert-OH is 1. The first kappa shape index (κ1) is 14.5. The molecule has 0 spiro atoms. The molecule has 3 nitrogen and oxygen atoms in total. The van der Waals surface area contributed by atoms with E-state index in [0.29, 0.717) is 19.1 Å². The Labute approximate surface area is 131 Å². The van der Waals surface area contributed by atoms with E-state index in [1.54, 1.807) is 0 Å². The smallest absolute Gasteiger partial charge is 0.140 e. The van der Waals surface area contributed by atoms with Gasteiger partial charge in [-0.2, -0.15) is 0 Å². The van der Waals surface area contributed by atoms with E-state index < -0.39 is 12.3 Å². The lowest BCUT2D eigenvalue weighted by Gasteiger charge is -2.37.